The predicted octanol–water partition coefficient (Wildman–Crippen LogP) is 4.84. The Kier molecular flexibility index (Phi) is 6.05. The van der Waals surface area contributed by atoms with Gasteiger partial charge in [0.15, 0.2) is 0 Å². The third kappa shape index (κ3) is 4.87. The molecule has 0 saturated heterocycles. The first-order valence-electron chi connectivity index (χ1n) is 6.76. The smallest absolute Gasteiger partial charge is 0.416 e. The molecule has 1 rings (SSSR count). The van der Waals surface area contributed by atoms with Crippen LogP contribution in [0.4, 0.5) is 13.2 Å². The molecule has 2 nitrogen and oxygen atoms in total. The van der Waals surface area contributed by atoms with Crippen molar-refractivity contribution in [3.63, 3.8) is 0 Å². The lowest BCUT2D eigenvalue weighted by Gasteiger charge is -2.14. The molecule has 1 atom stereocenters. The van der Waals surface area contributed by atoms with Crippen molar-refractivity contribution >= 4 is 5.97 Å². The highest BCUT2D eigenvalue weighted by atomic mass is 19.4. The van der Waals surface area contributed by atoms with Crippen LogP contribution in [-0.2, 0) is 11.0 Å². The maximum Gasteiger partial charge on any atom is 0.416 e. The number of benzene rings is 1. The van der Waals surface area contributed by atoms with Crippen LogP contribution in [0.15, 0.2) is 24.3 Å². The van der Waals surface area contributed by atoms with E-state index in [2.05, 4.69) is 6.92 Å². The van der Waals surface area contributed by atoms with Gasteiger partial charge in [-0.2, -0.15) is 13.2 Å². The van der Waals surface area contributed by atoms with Crippen LogP contribution < -0.4 is 0 Å². The molecule has 0 fully saturated rings. The number of carboxylic acids is 1. The van der Waals surface area contributed by atoms with Crippen molar-refractivity contribution in [1.29, 1.82) is 0 Å². The number of rotatable bonds is 7. The second kappa shape index (κ2) is 7.31. The van der Waals surface area contributed by atoms with Crippen LogP contribution in [0.3, 0.4) is 0 Å². The molecular weight excluding hydrogens is 269 g/mol. The fraction of sp³-hybridized carbons (Fsp3) is 0.533. The number of hydrogen-bond donors (Lipinski definition) is 1. The van der Waals surface area contributed by atoms with Crippen LogP contribution in [0, 0.1) is 0 Å². The van der Waals surface area contributed by atoms with Crippen molar-refractivity contribution in [2.75, 3.05) is 0 Å². The summed E-state index contributed by atoms with van der Waals surface area (Å²) in [5, 5.41) is 9.19. The first kappa shape index (κ1) is 16.5. The molecular formula is C15H19F3O2. The molecule has 0 aromatic heterocycles. The minimum atomic E-state index is -4.39. The van der Waals surface area contributed by atoms with Crippen molar-refractivity contribution in [3.8, 4) is 0 Å². The summed E-state index contributed by atoms with van der Waals surface area (Å²) in [6.45, 7) is 2.06. The average molecular weight is 288 g/mol. The molecule has 1 N–H and O–H groups in total. The summed E-state index contributed by atoms with van der Waals surface area (Å²) in [6.07, 6.45) is -0.122. The Labute approximate surface area is 116 Å². The van der Waals surface area contributed by atoms with Crippen molar-refractivity contribution in [2.45, 2.75) is 51.1 Å². The van der Waals surface area contributed by atoms with Gasteiger partial charge in [-0.1, -0.05) is 44.7 Å². The summed E-state index contributed by atoms with van der Waals surface area (Å²) in [5.41, 5.74) is -0.321. The number of carbonyl (C=O) groups is 1. The molecule has 1 aromatic carbocycles. The highest BCUT2D eigenvalue weighted by Gasteiger charge is 2.30. The zero-order valence-electron chi connectivity index (χ0n) is 11.4. The monoisotopic (exact) mass is 288 g/mol. The molecule has 0 heterocycles. The summed E-state index contributed by atoms with van der Waals surface area (Å²) in [5.74, 6) is -1.71. The minimum absolute atomic E-state index is 0.432. The van der Waals surface area contributed by atoms with Crippen molar-refractivity contribution in [2.24, 2.45) is 0 Å². The number of carboxylic acid groups (broad SMARTS) is 1. The van der Waals surface area contributed by atoms with Crippen molar-refractivity contribution in [1.82, 2.24) is 0 Å². The molecule has 5 heteroatoms. The second-order valence-electron chi connectivity index (χ2n) is 4.86. The van der Waals surface area contributed by atoms with Crippen LogP contribution in [-0.4, -0.2) is 11.1 Å². The Balaban J connectivity index is 2.74. The van der Waals surface area contributed by atoms with Crippen LogP contribution >= 0.6 is 0 Å². The zero-order valence-corrected chi connectivity index (χ0v) is 11.4. The van der Waals surface area contributed by atoms with E-state index in [-0.39, 0.29) is 0 Å². The van der Waals surface area contributed by atoms with Gasteiger partial charge >= 0.3 is 12.1 Å². The summed E-state index contributed by atoms with van der Waals surface area (Å²) >= 11 is 0. The normalized spacial score (nSPS) is 13.2. The van der Waals surface area contributed by atoms with Crippen molar-refractivity contribution < 1.29 is 23.1 Å². The van der Waals surface area contributed by atoms with Crippen LogP contribution in [0.5, 0.6) is 0 Å². The molecule has 112 valence electrons. The van der Waals surface area contributed by atoms with Crippen LogP contribution in [0.2, 0.25) is 0 Å². The Morgan fingerprint density at radius 2 is 1.75 bits per heavy atom. The van der Waals surface area contributed by atoms with Crippen LogP contribution in [0.25, 0.3) is 0 Å². The Hall–Kier alpha value is -1.52. The van der Waals surface area contributed by atoms with Gasteiger partial charge in [0.05, 0.1) is 11.5 Å². The molecule has 0 saturated carbocycles. The van der Waals surface area contributed by atoms with Gasteiger partial charge in [-0.3, -0.25) is 4.79 Å². The lowest BCUT2D eigenvalue weighted by atomic mass is 9.92. The summed E-state index contributed by atoms with van der Waals surface area (Å²) in [7, 11) is 0. The number of hydrogen-bond acceptors (Lipinski definition) is 1. The van der Waals surface area contributed by atoms with E-state index in [1.165, 1.54) is 12.1 Å². The molecule has 0 aliphatic rings. The van der Waals surface area contributed by atoms with Gasteiger partial charge in [-0.25, -0.2) is 0 Å². The summed E-state index contributed by atoms with van der Waals surface area (Å²) in [4.78, 5) is 11.2. The van der Waals surface area contributed by atoms with E-state index in [4.69, 9.17) is 0 Å². The Bertz CT molecular complexity index is 424. The summed E-state index contributed by atoms with van der Waals surface area (Å²) < 4.78 is 37.4. The van der Waals surface area contributed by atoms with E-state index in [0.717, 1.165) is 37.8 Å². The maximum atomic E-state index is 12.5. The highest BCUT2D eigenvalue weighted by molar-refractivity contribution is 5.76. The molecule has 0 aliphatic carbocycles. The Morgan fingerprint density at radius 3 is 2.20 bits per heavy atom. The van der Waals surface area contributed by atoms with E-state index < -0.39 is 23.6 Å². The molecule has 0 bridgehead atoms. The molecule has 20 heavy (non-hydrogen) atoms. The van der Waals surface area contributed by atoms with E-state index >= 15 is 0 Å². The minimum Gasteiger partial charge on any atom is -0.481 e. The Morgan fingerprint density at radius 1 is 1.15 bits per heavy atom. The standard InChI is InChI=1S/C15H19F3O2/c1-2-3-4-5-6-13(14(19)20)11-7-9-12(10-8-11)15(16,17)18/h7-10,13H,2-6H2,1H3,(H,19,20). The van der Waals surface area contributed by atoms with E-state index in [1.807, 2.05) is 0 Å². The first-order valence-corrected chi connectivity index (χ1v) is 6.76. The highest BCUT2D eigenvalue weighted by Crippen LogP contribution is 2.31. The quantitative estimate of drug-likeness (QED) is 0.729. The summed E-state index contributed by atoms with van der Waals surface area (Å²) in [6, 6.07) is 4.41. The number of aliphatic carboxylic acids is 1. The third-order valence-corrected chi connectivity index (χ3v) is 3.28. The van der Waals surface area contributed by atoms with Gasteiger partial charge in [0.25, 0.3) is 0 Å². The lowest BCUT2D eigenvalue weighted by molar-refractivity contribution is -0.139. The SMILES string of the molecule is CCCCCCC(C(=O)O)c1ccc(C(F)(F)F)cc1. The van der Waals surface area contributed by atoms with Gasteiger partial charge in [0.2, 0.25) is 0 Å². The largest absolute Gasteiger partial charge is 0.481 e. The lowest BCUT2D eigenvalue weighted by Crippen LogP contribution is -2.12. The average Bonchev–Trinajstić information content (AvgIpc) is 2.37. The third-order valence-electron chi connectivity index (χ3n) is 3.28. The number of alkyl halides is 3. The topological polar surface area (TPSA) is 37.3 Å². The molecule has 1 aromatic rings. The van der Waals surface area contributed by atoms with Crippen LogP contribution in [0.1, 0.15) is 56.1 Å². The fourth-order valence-electron chi connectivity index (χ4n) is 2.11. The number of halogens is 3. The zero-order chi connectivity index (χ0) is 15.2. The molecule has 0 radical (unpaired) electrons. The maximum absolute atomic E-state index is 12.5. The predicted molar refractivity (Wildman–Crippen MR) is 70.6 cm³/mol. The molecule has 1 unspecified atom stereocenters. The second-order valence-corrected chi connectivity index (χ2v) is 4.86. The van der Waals surface area contributed by atoms with Gasteiger partial charge in [0, 0.05) is 0 Å². The first-order chi connectivity index (χ1) is 9.36. The molecule has 0 spiro atoms. The van der Waals surface area contributed by atoms with Gasteiger partial charge in [-0.15, -0.1) is 0 Å². The molecule has 0 aliphatic heterocycles. The fourth-order valence-corrected chi connectivity index (χ4v) is 2.11. The van der Waals surface area contributed by atoms with Gasteiger partial charge < -0.3 is 5.11 Å². The van der Waals surface area contributed by atoms with Gasteiger partial charge in [-0.05, 0) is 24.1 Å². The van der Waals surface area contributed by atoms with Gasteiger partial charge in [0.1, 0.15) is 0 Å². The van der Waals surface area contributed by atoms with Crippen molar-refractivity contribution in [3.05, 3.63) is 35.4 Å². The molecule has 0 amide bonds. The van der Waals surface area contributed by atoms with E-state index in [9.17, 15) is 23.1 Å². The number of unbranched alkanes of at least 4 members (excludes halogenated alkanes) is 3. The van der Waals surface area contributed by atoms with E-state index in [0.29, 0.717) is 12.0 Å². The van der Waals surface area contributed by atoms with E-state index in [1.54, 1.807) is 0 Å².